The molecule has 0 amide bonds. The van der Waals surface area contributed by atoms with E-state index in [2.05, 4.69) is 9.64 Å². The standard InChI is InChI=1S/C17H22F3NO3/c18-17(19,20)24-13-5-3-12(4-6-13)10-21-8-1-2-15(21)14-11-23-9-7-16(14)22/h3-6,14-16,22H,1-2,7-11H2/t14-,15+,16-/m1/s1. The van der Waals surface area contributed by atoms with Crippen LogP contribution < -0.4 is 4.74 Å². The zero-order valence-electron chi connectivity index (χ0n) is 13.3. The normalized spacial score (nSPS) is 28.9. The second-order valence-electron chi connectivity index (χ2n) is 6.47. The Morgan fingerprint density at radius 1 is 1.21 bits per heavy atom. The number of hydrogen-bond donors (Lipinski definition) is 1. The highest BCUT2D eigenvalue weighted by molar-refractivity contribution is 5.27. The summed E-state index contributed by atoms with van der Waals surface area (Å²) in [4.78, 5) is 2.29. The van der Waals surface area contributed by atoms with Crippen molar-refractivity contribution in [2.75, 3.05) is 19.8 Å². The van der Waals surface area contributed by atoms with Crippen LogP contribution in [0.5, 0.6) is 5.75 Å². The van der Waals surface area contributed by atoms with Crippen molar-refractivity contribution >= 4 is 0 Å². The van der Waals surface area contributed by atoms with Gasteiger partial charge in [-0.1, -0.05) is 12.1 Å². The number of aliphatic hydroxyl groups excluding tert-OH is 1. The molecule has 3 rings (SSSR count). The smallest absolute Gasteiger partial charge is 0.406 e. The molecule has 2 aliphatic heterocycles. The fourth-order valence-electron chi connectivity index (χ4n) is 3.68. The monoisotopic (exact) mass is 345 g/mol. The maximum absolute atomic E-state index is 12.2. The topological polar surface area (TPSA) is 41.9 Å². The minimum atomic E-state index is -4.67. The van der Waals surface area contributed by atoms with Crippen molar-refractivity contribution in [3.63, 3.8) is 0 Å². The molecule has 2 heterocycles. The van der Waals surface area contributed by atoms with Crippen LogP contribution >= 0.6 is 0 Å². The first kappa shape index (κ1) is 17.5. The zero-order valence-corrected chi connectivity index (χ0v) is 13.3. The molecule has 24 heavy (non-hydrogen) atoms. The molecule has 2 fully saturated rings. The van der Waals surface area contributed by atoms with E-state index < -0.39 is 6.36 Å². The van der Waals surface area contributed by atoms with Crippen LogP contribution in [0.3, 0.4) is 0 Å². The summed E-state index contributed by atoms with van der Waals surface area (Å²) in [5.74, 6) is -0.102. The van der Waals surface area contributed by atoms with E-state index >= 15 is 0 Å². The Kier molecular flexibility index (Phi) is 5.32. The predicted molar refractivity (Wildman–Crippen MR) is 81.5 cm³/mol. The van der Waals surface area contributed by atoms with Crippen molar-refractivity contribution in [3.05, 3.63) is 29.8 Å². The molecule has 0 unspecified atom stereocenters. The number of nitrogens with zero attached hydrogens (tertiary/aromatic N) is 1. The van der Waals surface area contributed by atoms with E-state index in [9.17, 15) is 18.3 Å². The lowest BCUT2D eigenvalue weighted by atomic mass is 9.89. The Bertz CT molecular complexity index is 535. The van der Waals surface area contributed by atoms with Gasteiger partial charge in [-0.2, -0.15) is 0 Å². The summed E-state index contributed by atoms with van der Waals surface area (Å²) in [5, 5.41) is 10.2. The van der Waals surface area contributed by atoms with Crippen molar-refractivity contribution in [1.29, 1.82) is 0 Å². The van der Waals surface area contributed by atoms with Gasteiger partial charge < -0.3 is 14.6 Å². The molecule has 1 aromatic rings. The van der Waals surface area contributed by atoms with E-state index in [0.717, 1.165) is 24.9 Å². The Morgan fingerprint density at radius 3 is 2.62 bits per heavy atom. The molecule has 0 bridgehead atoms. The highest BCUT2D eigenvalue weighted by atomic mass is 19.4. The first-order chi connectivity index (χ1) is 11.4. The molecule has 0 radical (unpaired) electrons. The molecule has 0 aliphatic carbocycles. The second kappa shape index (κ2) is 7.29. The van der Waals surface area contributed by atoms with Gasteiger partial charge in [0.2, 0.25) is 0 Å². The summed E-state index contributed by atoms with van der Waals surface area (Å²) >= 11 is 0. The van der Waals surface area contributed by atoms with Gasteiger partial charge in [0.15, 0.2) is 0 Å². The van der Waals surface area contributed by atoms with Gasteiger partial charge in [0.1, 0.15) is 5.75 Å². The lowest BCUT2D eigenvalue weighted by molar-refractivity contribution is -0.274. The Balaban J connectivity index is 1.62. The molecular formula is C17H22F3NO3. The number of ether oxygens (including phenoxy) is 2. The SMILES string of the molecule is O[C@@H]1CCOC[C@@H]1[C@@H]1CCCN1Cc1ccc(OC(F)(F)F)cc1. The number of likely N-dealkylation sites (tertiary alicyclic amines) is 1. The van der Waals surface area contributed by atoms with Crippen molar-refractivity contribution < 1.29 is 27.8 Å². The minimum absolute atomic E-state index is 0.106. The molecule has 0 saturated carbocycles. The highest BCUT2D eigenvalue weighted by Gasteiger charge is 2.37. The molecule has 0 aromatic heterocycles. The first-order valence-electron chi connectivity index (χ1n) is 8.27. The Hall–Kier alpha value is -1.31. The quantitative estimate of drug-likeness (QED) is 0.911. The Labute approximate surface area is 139 Å². The van der Waals surface area contributed by atoms with Crippen molar-refractivity contribution in [3.8, 4) is 5.75 Å². The molecule has 1 aromatic carbocycles. The average molecular weight is 345 g/mol. The lowest BCUT2D eigenvalue weighted by Gasteiger charge is -2.37. The molecule has 7 heteroatoms. The fourth-order valence-corrected chi connectivity index (χ4v) is 3.68. The van der Waals surface area contributed by atoms with Crippen LogP contribution in [0.2, 0.25) is 0 Å². The van der Waals surface area contributed by atoms with Gasteiger partial charge in [-0.15, -0.1) is 13.2 Å². The van der Waals surface area contributed by atoms with Crippen LogP contribution in [0, 0.1) is 5.92 Å². The van der Waals surface area contributed by atoms with Gasteiger partial charge in [0.25, 0.3) is 0 Å². The zero-order chi connectivity index (χ0) is 17.2. The number of benzene rings is 1. The number of hydrogen-bond acceptors (Lipinski definition) is 4. The number of halogens is 3. The number of alkyl halides is 3. The van der Waals surface area contributed by atoms with Gasteiger partial charge in [-0.05, 0) is 43.5 Å². The van der Waals surface area contributed by atoms with E-state index in [4.69, 9.17) is 4.74 Å². The van der Waals surface area contributed by atoms with Crippen LogP contribution in [-0.4, -0.2) is 48.3 Å². The number of aliphatic hydroxyl groups is 1. The highest BCUT2D eigenvalue weighted by Crippen LogP contribution is 2.31. The molecule has 2 aliphatic rings. The van der Waals surface area contributed by atoms with Crippen LogP contribution in [0.4, 0.5) is 13.2 Å². The summed E-state index contributed by atoms with van der Waals surface area (Å²) in [6.45, 7) is 2.75. The van der Waals surface area contributed by atoms with Crippen LogP contribution in [0.15, 0.2) is 24.3 Å². The largest absolute Gasteiger partial charge is 0.573 e. The molecule has 1 N–H and O–H groups in total. The van der Waals surface area contributed by atoms with Gasteiger partial charge in [0.05, 0.1) is 12.7 Å². The maximum atomic E-state index is 12.2. The van der Waals surface area contributed by atoms with Crippen molar-refractivity contribution in [2.45, 2.75) is 44.3 Å². The van der Waals surface area contributed by atoms with E-state index in [0.29, 0.717) is 26.2 Å². The van der Waals surface area contributed by atoms with E-state index in [1.807, 2.05) is 0 Å². The van der Waals surface area contributed by atoms with Crippen molar-refractivity contribution in [2.24, 2.45) is 5.92 Å². The average Bonchev–Trinajstić information content (AvgIpc) is 2.96. The van der Waals surface area contributed by atoms with Crippen LogP contribution in [-0.2, 0) is 11.3 Å². The van der Waals surface area contributed by atoms with Gasteiger partial charge in [0, 0.05) is 25.1 Å². The lowest BCUT2D eigenvalue weighted by Crippen LogP contribution is -2.45. The molecular weight excluding hydrogens is 323 g/mol. The first-order valence-corrected chi connectivity index (χ1v) is 8.27. The summed E-state index contributed by atoms with van der Waals surface area (Å²) in [7, 11) is 0. The third-order valence-electron chi connectivity index (χ3n) is 4.81. The predicted octanol–water partition coefficient (Wildman–Crippen LogP) is 2.95. The summed E-state index contributed by atoms with van der Waals surface area (Å²) in [5.41, 5.74) is 0.933. The third kappa shape index (κ3) is 4.40. The summed E-state index contributed by atoms with van der Waals surface area (Å²) < 4.78 is 46.0. The fraction of sp³-hybridized carbons (Fsp3) is 0.647. The van der Waals surface area contributed by atoms with E-state index in [1.54, 1.807) is 12.1 Å². The molecule has 2 saturated heterocycles. The molecule has 3 atom stereocenters. The summed E-state index contributed by atoms with van der Waals surface area (Å²) in [6, 6.07) is 6.25. The molecule has 4 nitrogen and oxygen atoms in total. The van der Waals surface area contributed by atoms with Gasteiger partial charge in [-0.25, -0.2) is 0 Å². The molecule has 134 valence electrons. The maximum Gasteiger partial charge on any atom is 0.573 e. The van der Waals surface area contributed by atoms with E-state index in [1.165, 1.54) is 12.1 Å². The van der Waals surface area contributed by atoms with Gasteiger partial charge >= 0.3 is 6.36 Å². The van der Waals surface area contributed by atoms with Crippen LogP contribution in [0.1, 0.15) is 24.8 Å². The van der Waals surface area contributed by atoms with Gasteiger partial charge in [-0.3, -0.25) is 4.90 Å². The van der Waals surface area contributed by atoms with E-state index in [-0.39, 0.29) is 23.8 Å². The second-order valence-corrected chi connectivity index (χ2v) is 6.47. The van der Waals surface area contributed by atoms with Crippen LogP contribution in [0.25, 0.3) is 0 Å². The summed E-state index contributed by atoms with van der Waals surface area (Å²) in [6.07, 6.45) is -2.27. The van der Waals surface area contributed by atoms with Crippen molar-refractivity contribution in [1.82, 2.24) is 4.90 Å². The molecule has 0 spiro atoms. The Morgan fingerprint density at radius 2 is 1.96 bits per heavy atom. The minimum Gasteiger partial charge on any atom is -0.406 e. The third-order valence-corrected chi connectivity index (χ3v) is 4.81. The number of rotatable bonds is 4.